The number of hydrogen-bond acceptors (Lipinski definition) is 4. The first-order valence-electron chi connectivity index (χ1n) is 12.4. The minimum Gasteiger partial charge on any atom is -0.505 e. The second-order valence-corrected chi connectivity index (χ2v) is 12.3. The summed E-state index contributed by atoms with van der Waals surface area (Å²) in [7, 11) is -4.42. The highest BCUT2D eigenvalue weighted by molar-refractivity contribution is 7.89. The average molecular weight is 602 g/mol. The monoisotopic (exact) mass is 600 g/mol. The molecule has 4 aromatic carbocycles. The summed E-state index contributed by atoms with van der Waals surface area (Å²) in [5.41, 5.74) is 2.93. The topological polar surface area (TPSA) is 86.7 Å². The lowest BCUT2D eigenvalue weighted by atomic mass is 10.0. The minimum absolute atomic E-state index is 0.0125. The fraction of sp³-hybridized carbons (Fsp3) is 0.167. The number of benzene rings is 4. The van der Waals surface area contributed by atoms with Crippen molar-refractivity contribution in [1.29, 1.82) is 0 Å². The van der Waals surface area contributed by atoms with E-state index >= 15 is 0 Å². The van der Waals surface area contributed by atoms with E-state index in [9.17, 15) is 22.7 Å². The van der Waals surface area contributed by atoms with E-state index in [1.54, 1.807) is 32.0 Å². The first-order chi connectivity index (χ1) is 18.9. The van der Waals surface area contributed by atoms with Gasteiger partial charge in [0.2, 0.25) is 10.0 Å². The van der Waals surface area contributed by atoms with Gasteiger partial charge in [0, 0.05) is 29.7 Å². The van der Waals surface area contributed by atoms with Crippen LogP contribution in [-0.2, 0) is 23.1 Å². The number of hydrogen-bond donors (Lipinski definition) is 2. The van der Waals surface area contributed by atoms with Crippen LogP contribution in [-0.4, -0.2) is 29.8 Å². The average Bonchev–Trinajstić information content (AvgIpc) is 2.91. The molecule has 0 saturated carbocycles. The molecule has 4 aromatic rings. The first kappa shape index (κ1) is 29.6. The molecule has 2 N–H and O–H groups in total. The zero-order chi connectivity index (χ0) is 29.0. The molecule has 10 heteroatoms. The number of sulfonamides is 1. The van der Waals surface area contributed by atoms with E-state index in [0.717, 1.165) is 21.5 Å². The van der Waals surface area contributed by atoms with Crippen LogP contribution in [0.3, 0.4) is 0 Å². The highest BCUT2D eigenvalue weighted by atomic mass is 35.5. The number of nitrogens with zero attached hydrogens (tertiary/aromatic N) is 1. The van der Waals surface area contributed by atoms with E-state index < -0.39 is 32.4 Å². The number of rotatable bonds is 9. The molecule has 0 heterocycles. The molecule has 0 radical (unpaired) electrons. The molecule has 0 aliphatic heterocycles. The Morgan fingerprint density at radius 3 is 2.20 bits per heavy atom. The number of amides is 1. The normalized spacial score (nSPS) is 11.7. The summed E-state index contributed by atoms with van der Waals surface area (Å²) in [6.07, 6.45) is 0. The van der Waals surface area contributed by atoms with Crippen LogP contribution in [0.5, 0.6) is 5.75 Å². The number of carbonyl (C=O) groups is 1. The molecule has 0 aliphatic rings. The Balaban J connectivity index is 1.77. The molecule has 4 rings (SSSR count). The molecule has 0 atom stereocenters. The molecular formula is C30H27Cl2FN2O4S. The van der Waals surface area contributed by atoms with Crippen molar-refractivity contribution in [3.8, 4) is 16.9 Å². The van der Waals surface area contributed by atoms with Gasteiger partial charge in [0.1, 0.15) is 10.7 Å². The number of aromatic hydroxyl groups is 1. The van der Waals surface area contributed by atoms with Crippen LogP contribution in [0.2, 0.25) is 10.0 Å². The van der Waals surface area contributed by atoms with E-state index in [1.165, 1.54) is 30.3 Å². The predicted molar refractivity (Wildman–Crippen MR) is 155 cm³/mol. The highest BCUT2D eigenvalue weighted by Gasteiger charge is 2.30. The van der Waals surface area contributed by atoms with Crippen LogP contribution >= 0.6 is 23.2 Å². The van der Waals surface area contributed by atoms with Gasteiger partial charge in [-0.3, -0.25) is 4.79 Å². The Morgan fingerprint density at radius 1 is 0.900 bits per heavy atom. The zero-order valence-corrected chi connectivity index (χ0v) is 24.1. The van der Waals surface area contributed by atoms with E-state index in [2.05, 4.69) is 5.32 Å². The molecule has 40 heavy (non-hydrogen) atoms. The maximum atomic E-state index is 14.1. The first-order valence-corrected chi connectivity index (χ1v) is 14.6. The molecule has 0 fully saturated rings. The van der Waals surface area contributed by atoms with Crippen molar-refractivity contribution in [1.82, 2.24) is 9.62 Å². The maximum absolute atomic E-state index is 14.1. The fourth-order valence-corrected chi connectivity index (χ4v) is 6.05. The van der Waals surface area contributed by atoms with Gasteiger partial charge in [-0.1, -0.05) is 65.7 Å². The van der Waals surface area contributed by atoms with E-state index in [0.29, 0.717) is 16.1 Å². The SMILES string of the molecule is CC(C)NC(=O)c1cc(Cl)c(O)c(S(=O)(=O)N(Cc2ccc(F)cc2)Cc2cccc(-c3ccc(Cl)cc3)c2)c1. The molecule has 0 spiro atoms. The predicted octanol–water partition coefficient (Wildman–Crippen LogP) is 7.03. The Hall–Kier alpha value is -3.43. The molecule has 0 bridgehead atoms. The van der Waals surface area contributed by atoms with Gasteiger partial charge in [-0.15, -0.1) is 0 Å². The van der Waals surface area contributed by atoms with Crippen molar-refractivity contribution < 1.29 is 22.7 Å². The van der Waals surface area contributed by atoms with Crippen molar-refractivity contribution >= 4 is 39.1 Å². The van der Waals surface area contributed by atoms with Crippen LogP contribution in [0.1, 0.15) is 35.3 Å². The van der Waals surface area contributed by atoms with Gasteiger partial charge in [0.15, 0.2) is 5.75 Å². The summed E-state index contributed by atoms with van der Waals surface area (Å²) < 4.78 is 42.8. The van der Waals surface area contributed by atoms with Gasteiger partial charge in [0.05, 0.1) is 5.02 Å². The molecule has 6 nitrogen and oxygen atoms in total. The highest BCUT2D eigenvalue weighted by Crippen LogP contribution is 2.35. The largest absolute Gasteiger partial charge is 0.505 e. The Bertz CT molecular complexity index is 1630. The van der Waals surface area contributed by atoms with Crippen molar-refractivity contribution in [2.24, 2.45) is 0 Å². The van der Waals surface area contributed by atoms with Gasteiger partial charge in [-0.25, -0.2) is 12.8 Å². The van der Waals surface area contributed by atoms with Gasteiger partial charge in [-0.2, -0.15) is 4.31 Å². The van der Waals surface area contributed by atoms with Gasteiger partial charge < -0.3 is 10.4 Å². The van der Waals surface area contributed by atoms with Crippen molar-refractivity contribution in [2.75, 3.05) is 0 Å². The molecule has 0 aliphatic carbocycles. The minimum atomic E-state index is -4.42. The third-order valence-electron chi connectivity index (χ3n) is 6.06. The lowest BCUT2D eigenvalue weighted by Gasteiger charge is -2.24. The molecule has 1 amide bonds. The van der Waals surface area contributed by atoms with Crippen LogP contribution < -0.4 is 5.32 Å². The molecule has 0 unspecified atom stereocenters. The smallest absolute Gasteiger partial charge is 0.251 e. The van der Waals surface area contributed by atoms with Gasteiger partial charge in [0.25, 0.3) is 5.91 Å². The summed E-state index contributed by atoms with van der Waals surface area (Å²) in [4.78, 5) is 12.2. The van der Waals surface area contributed by atoms with Crippen molar-refractivity contribution in [2.45, 2.75) is 37.9 Å². The number of nitrogens with one attached hydrogen (secondary N) is 1. The quantitative estimate of drug-likeness (QED) is 0.216. The second kappa shape index (κ2) is 12.4. The second-order valence-electron chi connectivity index (χ2n) is 9.54. The van der Waals surface area contributed by atoms with Crippen LogP contribution in [0, 0.1) is 5.82 Å². The third kappa shape index (κ3) is 7.01. The molecule has 208 valence electrons. The maximum Gasteiger partial charge on any atom is 0.251 e. The van der Waals surface area contributed by atoms with Crippen LogP contribution in [0.25, 0.3) is 11.1 Å². The Labute approximate surface area is 243 Å². The number of carbonyl (C=O) groups excluding carboxylic acids is 1. The van der Waals surface area contributed by atoms with E-state index in [4.69, 9.17) is 23.2 Å². The summed E-state index contributed by atoms with van der Waals surface area (Å²) in [6.45, 7) is 3.31. The standard InChI is InChI=1S/C30H27Cl2FN2O4S/c1-19(2)34-30(37)24-15-27(32)29(36)28(16-24)40(38,39)35(17-20-6-12-26(33)13-7-20)18-21-4-3-5-23(14-21)22-8-10-25(31)11-9-22/h3-16,19,36H,17-18H2,1-2H3,(H,34,37). The van der Waals surface area contributed by atoms with Crippen molar-refractivity contribution in [3.05, 3.63) is 117 Å². The summed E-state index contributed by atoms with van der Waals surface area (Å²) >= 11 is 12.2. The van der Waals surface area contributed by atoms with E-state index in [-0.39, 0.29) is 29.7 Å². The third-order valence-corrected chi connectivity index (χ3v) is 8.41. The van der Waals surface area contributed by atoms with Gasteiger partial charge in [-0.05, 0) is 78.6 Å². The lowest BCUT2D eigenvalue weighted by Crippen LogP contribution is -2.32. The van der Waals surface area contributed by atoms with Crippen LogP contribution in [0.4, 0.5) is 4.39 Å². The molecule has 0 aromatic heterocycles. The Kier molecular flexibility index (Phi) is 9.15. The molecular weight excluding hydrogens is 574 g/mol. The summed E-state index contributed by atoms with van der Waals surface area (Å²) in [5.74, 6) is -1.65. The van der Waals surface area contributed by atoms with Gasteiger partial charge >= 0.3 is 0 Å². The zero-order valence-electron chi connectivity index (χ0n) is 21.7. The van der Waals surface area contributed by atoms with Crippen molar-refractivity contribution in [3.63, 3.8) is 0 Å². The number of phenolic OH excluding ortho intramolecular Hbond substituents is 1. The lowest BCUT2D eigenvalue weighted by molar-refractivity contribution is 0.0943. The number of halogens is 3. The summed E-state index contributed by atoms with van der Waals surface area (Å²) in [6, 6.07) is 22.2. The van der Waals surface area contributed by atoms with Crippen LogP contribution in [0.15, 0.2) is 89.8 Å². The number of phenols is 1. The molecule has 0 saturated heterocycles. The summed E-state index contributed by atoms with van der Waals surface area (Å²) in [5, 5.41) is 13.7. The fourth-order valence-electron chi connectivity index (χ4n) is 4.10. The van der Waals surface area contributed by atoms with E-state index in [1.807, 2.05) is 30.3 Å². The Morgan fingerprint density at radius 2 is 1.55 bits per heavy atom.